The Bertz CT molecular complexity index is 1710. The maximum Gasteiger partial charge on any atom is 0.262 e. The SMILES string of the molecule is C=CC(=O)N1CCC(NC(=O)c2sc3c(N)ccc4c3c2C(N)C(=O)C4(N)c2cnc(Oc3ccccc3)cn2)C1. The van der Waals surface area contributed by atoms with Gasteiger partial charge in [0.25, 0.3) is 5.91 Å². The van der Waals surface area contributed by atoms with Gasteiger partial charge < -0.3 is 32.2 Å². The first kappa shape index (κ1) is 26.6. The monoisotopic (exact) mass is 569 g/mol. The van der Waals surface area contributed by atoms with Gasteiger partial charge in [-0.15, -0.1) is 11.3 Å². The first-order chi connectivity index (χ1) is 19.7. The lowest BCUT2D eigenvalue weighted by Gasteiger charge is -2.35. The number of amides is 2. The summed E-state index contributed by atoms with van der Waals surface area (Å²) in [6, 6.07) is 11.0. The number of nitrogens with two attached hydrogens (primary N) is 3. The summed E-state index contributed by atoms with van der Waals surface area (Å²) in [5.41, 5.74) is 19.4. The van der Waals surface area contributed by atoms with Gasteiger partial charge >= 0.3 is 0 Å². The van der Waals surface area contributed by atoms with Crippen molar-refractivity contribution in [3.63, 3.8) is 0 Å². The van der Waals surface area contributed by atoms with Crippen LogP contribution in [0.1, 0.15) is 39.0 Å². The highest BCUT2D eigenvalue weighted by Gasteiger charge is 2.50. The molecule has 2 aliphatic rings. The van der Waals surface area contributed by atoms with Gasteiger partial charge in [-0.3, -0.25) is 19.4 Å². The molecule has 1 aliphatic heterocycles. The van der Waals surface area contributed by atoms with Crippen LogP contribution in [-0.4, -0.2) is 51.6 Å². The van der Waals surface area contributed by atoms with E-state index in [2.05, 4.69) is 21.9 Å². The van der Waals surface area contributed by atoms with Crippen molar-refractivity contribution in [1.29, 1.82) is 0 Å². The zero-order valence-corrected chi connectivity index (χ0v) is 22.7. The number of anilines is 1. The molecule has 1 saturated heterocycles. The van der Waals surface area contributed by atoms with Crippen LogP contribution in [0.25, 0.3) is 10.1 Å². The summed E-state index contributed by atoms with van der Waals surface area (Å²) in [6.45, 7) is 4.39. The summed E-state index contributed by atoms with van der Waals surface area (Å²) < 4.78 is 6.34. The Labute approximate surface area is 239 Å². The van der Waals surface area contributed by atoms with Crippen LogP contribution in [0.4, 0.5) is 5.69 Å². The molecule has 1 aliphatic carbocycles. The molecule has 3 heterocycles. The molecule has 1 fully saturated rings. The number of carbonyl (C=O) groups excluding carboxylic acids is 3. The maximum atomic E-state index is 13.9. The number of hydrogen-bond donors (Lipinski definition) is 4. The van der Waals surface area contributed by atoms with E-state index >= 15 is 0 Å². The fraction of sp³-hybridized carbons (Fsp3) is 0.207. The molecule has 3 atom stereocenters. The Morgan fingerprint density at radius 3 is 2.66 bits per heavy atom. The number of para-hydroxylation sites is 1. The fourth-order valence-electron chi connectivity index (χ4n) is 5.45. The second-order valence-electron chi connectivity index (χ2n) is 10.0. The molecule has 11 nitrogen and oxygen atoms in total. The molecule has 2 aromatic carbocycles. The highest BCUT2D eigenvalue weighted by molar-refractivity contribution is 7.21. The molecule has 0 radical (unpaired) electrons. The molecular formula is C29H27N7O4S. The average molecular weight is 570 g/mol. The Kier molecular flexibility index (Phi) is 6.53. The van der Waals surface area contributed by atoms with E-state index in [1.165, 1.54) is 18.5 Å². The number of hydrogen-bond acceptors (Lipinski definition) is 10. The number of nitrogen functional groups attached to an aromatic ring is 1. The van der Waals surface area contributed by atoms with Crippen molar-refractivity contribution >= 4 is 44.7 Å². The Balaban J connectivity index is 1.37. The summed E-state index contributed by atoms with van der Waals surface area (Å²) in [4.78, 5) is 50.1. The molecule has 4 aromatic rings. The zero-order chi connectivity index (χ0) is 28.9. The first-order valence-corrected chi connectivity index (χ1v) is 13.8. The van der Waals surface area contributed by atoms with Crippen LogP contribution >= 0.6 is 11.3 Å². The number of rotatable bonds is 6. The summed E-state index contributed by atoms with van der Waals surface area (Å²) >= 11 is 1.16. The standard InChI is InChI=1S/C29H27N7O4S/c1-2-21(37)36-11-10-15(14-36)35-28(39)26-23-22-17(8-9-18(30)25(22)41-26)29(32,27(38)24(23)31)19-12-34-20(13-33-19)40-16-6-4-3-5-7-16/h2-9,12-13,15,24H,1,10-11,14,30-32H2,(H,35,39). The number of benzene rings is 2. The third kappa shape index (κ3) is 4.32. The van der Waals surface area contributed by atoms with Gasteiger partial charge in [0.15, 0.2) is 5.78 Å². The van der Waals surface area contributed by atoms with Crippen molar-refractivity contribution in [3.05, 3.63) is 89.2 Å². The first-order valence-electron chi connectivity index (χ1n) is 12.9. The number of nitrogens with zero attached hydrogens (tertiary/aromatic N) is 3. The van der Waals surface area contributed by atoms with Crippen LogP contribution in [0.3, 0.4) is 0 Å². The minimum Gasteiger partial charge on any atom is -0.438 e. The van der Waals surface area contributed by atoms with Crippen LogP contribution < -0.4 is 27.3 Å². The van der Waals surface area contributed by atoms with E-state index in [1.54, 1.807) is 29.2 Å². The quantitative estimate of drug-likeness (QED) is 0.200. The lowest BCUT2D eigenvalue weighted by atomic mass is 9.72. The number of likely N-dealkylation sites (tertiary alicyclic amines) is 1. The van der Waals surface area contributed by atoms with Crippen LogP contribution in [0.5, 0.6) is 11.6 Å². The smallest absolute Gasteiger partial charge is 0.262 e. The zero-order valence-electron chi connectivity index (χ0n) is 21.9. The number of ketones is 1. The summed E-state index contributed by atoms with van der Waals surface area (Å²) in [7, 11) is 0. The van der Waals surface area contributed by atoms with Gasteiger partial charge in [-0.2, -0.15) is 0 Å². The van der Waals surface area contributed by atoms with Crippen LogP contribution in [-0.2, 0) is 15.1 Å². The summed E-state index contributed by atoms with van der Waals surface area (Å²) in [5.74, 6) is -0.295. The van der Waals surface area contributed by atoms with Crippen molar-refractivity contribution in [2.24, 2.45) is 11.5 Å². The normalized spacial score (nSPS) is 21.6. The van der Waals surface area contributed by atoms with Gasteiger partial charge in [-0.05, 0) is 36.3 Å². The molecule has 3 unspecified atom stereocenters. The van der Waals surface area contributed by atoms with Crippen molar-refractivity contribution < 1.29 is 19.1 Å². The van der Waals surface area contributed by atoms with Crippen LogP contribution in [0.15, 0.2) is 67.5 Å². The number of thiophene rings is 1. The minimum absolute atomic E-state index is 0.185. The third-order valence-electron chi connectivity index (χ3n) is 7.53. The molecule has 0 spiro atoms. The molecule has 2 amide bonds. The Morgan fingerprint density at radius 1 is 1.17 bits per heavy atom. The van der Waals surface area contributed by atoms with E-state index in [0.29, 0.717) is 52.2 Å². The number of nitrogens with one attached hydrogen (secondary N) is 1. The molecule has 2 aromatic heterocycles. The fourth-order valence-corrected chi connectivity index (χ4v) is 6.66. The molecule has 208 valence electrons. The van der Waals surface area contributed by atoms with Gasteiger partial charge in [0.2, 0.25) is 11.8 Å². The molecule has 0 bridgehead atoms. The van der Waals surface area contributed by atoms with Crippen LogP contribution in [0.2, 0.25) is 0 Å². The van der Waals surface area contributed by atoms with E-state index in [-0.39, 0.29) is 34.3 Å². The van der Waals surface area contributed by atoms with Crippen molar-refractivity contribution in [1.82, 2.24) is 20.2 Å². The van der Waals surface area contributed by atoms with E-state index in [1.807, 2.05) is 18.2 Å². The third-order valence-corrected chi connectivity index (χ3v) is 8.78. The van der Waals surface area contributed by atoms with Gasteiger partial charge in [0.05, 0.1) is 33.7 Å². The van der Waals surface area contributed by atoms with Crippen molar-refractivity contribution in [2.75, 3.05) is 18.8 Å². The second-order valence-corrected chi connectivity index (χ2v) is 11.0. The van der Waals surface area contributed by atoms with Gasteiger partial charge in [-0.1, -0.05) is 30.8 Å². The highest BCUT2D eigenvalue weighted by atomic mass is 32.1. The predicted molar refractivity (Wildman–Crippen MR) is 154 cm³/mol. The van der Waals surface area contributed by atoms with Gasteiger partial charge in [-0.25, -0.2) is 4.98 Å². The molecule has 0 saturated carbocycles. The number of aromatic nitrogens is 2. The highest BCUT2D eigenvalue weighted by Crippen LogP contribution is 2.49. The van der Waals surface area contributed by atoms with Gasteiger partial charge in [0, 0.05) is 35.8 Å². The van der Waals surface area contributed by atoms with Crippen LogP contribution in [0, 0.1) is 0 Å². The largest absolute Gasteiger partial charge is 0.438 e. The number of Topliss-reactive ketones (excluding diaryl/α,β-unsaturated/α-hetero) is 1. The Morgan fingerprint density at radius 2 is 1.95 bits per heavy atom. The average Bonchev–Trinajstić information content (AvgIpc) is 3.62. The lowest BCUT2D eigenvalue weighted by Crippen LogP contribution is -2.53. The summed E-state index contributed by atoms with van der Waals surface area (Å²) in [6.07, 6.45) is 4.64. The molecule has 6 rings (SSSR count). The lowest BCUT2D eigenvalue weighted by molar-refractivity contribution is -0.125. The van der Waals surface area contributed by atoms with Crippen molar-refractivity contribution in [2.45, 2.75) is 24.0 Å². The minimum atomic E-state index is -1.73. The van der Waals surface area contributed by atoms with Crippen molar-refractivity contribution in [3.8, 4) is 11.6 Å². The molecule has 12 heteroatoms. The van der Waals surface area contributed by atoms with E-state index < -0.39 is 17.4 Å². The molecule has 41 heavy (non-hydrogen) atoms. The van der Waals surface area contributed by atoms with E-state index in [9.17, 15) is 14.4 Å². The molecular weight excluding hydrogens is 542 g/mol. The maximum absolute atomic E-state index is 13.9. The Hall–Kier alpha value is -4.65. The molecule has 7 N–H and O–H groups in total. The number of carbonyl (C=O) groups is 3. The van der Waals surface area contributed by atoms with E-state index in [0.717, 1.165) is 11.3 Å². The summed E-state index contributed by atoms with van der Waals surface area (Å²) in [5, 5.41) is 3.55. The van der Waals surface area contributed by atoms with E-state index in [4.69, 9.17) is 21.9 Å². The van der Waals surface area contributed by atoms with Gasteiger partial charge in [0.1, 0.15) is 11.3 Å². The number of ether oxygens (including phenoxy) is 1. The second kappa shape index (κ2) is 10.1. The topological polar surface area (TPSA) is 180 Å². The predicted octanol–water partition coefficient (Wildman–Crippen LogP) is 2.37.